The summed E-state index contributed by atoms with van der Waals surface area (Å²) in [6.45, 7) is 5.56. The van der Waals surface area contributed by atoms with Crippen molar-refractivity contribution in [2.75, 3.05) is 14.1 Å². The average molecular weight is 367 g/mol. The summed E-state index contributed by atoms with van der Waals surface area (Å²) in [5.41, 5.74) is 1.05. The molecular formula is C16H21N3O3S2. The molecule has 0 saturated heterocycles. The zero-order chi connectivity index (χ0) is 18.1. The van der Waals surface area contributed by atoms with Crippen LogP contribution in [0, 0.1) is 13.8 Å². The first-order valence-corrected chi connectivity index (χ1v) is 9.69. The largest absolute Gasteiger partial charge is 0.345 e. The van der Waals surface area contributed by atoms with E-state index >= 15 is 0 Å². The SMILES string of the molecule is Cc1nc([C@H](C)NS(=O)(=O)c2cccc(C(=O)N(C)C)c2)c(C)s1. The number of rotatable bonds is 5. The van der Waals surface area contributed by atoms with Crippen molar-refractivity contribution in [1.29, 1.82) is 0 Å². The number of hydrogen-bond donors (Lipinski definition) is 1. The molecule has 0 aliphatic rings. The number of amides is 1. The lowest BCUT2D eigenvalue weighted by atomic mass is 10.2. The van der Waals surface area contributed by atoms with Crippen molar-refractivity contribution in [2.45, 2.75) is 31.7 Å². The Balaban J connectivity index is 2.29. The summed E-state index contributed by atoms with van der Waals surface area (Å²) in [5, 5.41) is 0.895. The molecule has 0 aliphatic heterocycles. The Bertz CT molecular complexity index is 857. The molecule has 1 atom stereocenters. The number of benzene rings is 1. The fourth-order valence-electron chi connectivity index (χ4n) is 2.36. The Morgan fingerprint density at radius 2 is 1.96 bits per heavy atom. The van der Waals surface area contributed by atoms with Gasteiger partial charge in [0.2, 0.25) is 10.0 Å². The Morgan fingerprint density at radius 1 is 1.29 bits per heavy atom. The third-order valence-corrected chi connectivity index (χ3v) is 5.92. The van der Waals surface area contributed by atoms with Crippen molar-refractivity contribution < 1.29 is 13.2 Å². The van der Waals surface area contributed by atoms with Crippen LogP contribution in [0.25, 0.3) is 0 Å². The second-order valence-electron chi connectivity index (χ2n) is 5.74. The van der Waals surface area contributed by atoms with Crippen LogP contribution in [-0.4, -0.2) is 38.3 Å². The zero-order valence-corrected chi connectivity index (χ0v) is 16.0. The van der Waals surface area contributed by atoms with Gasteiger partial charge < -0.3 is 4.90 Å². The van der Waals surface area contributed by atoms with Crippen LogP contribution in [0.3, 0.4) is 0 Å². The highest BCUT2D eigenvalue weighted by molar-refractivity contribution is 7.89. The Kier molecular flexibility index (Phi) is 5.42. The van der Waals surface area contributed by atoms with E-state index in [-0.39, 0.29) is 10.8 Å². The maximum absolute atomic E-state index is 12.6. The van der Waals surface area contributed by atoms with Gasteiger partial charge in [-0.2, -0.15) is 0 Å². The van der Waals surface area contributed by atoms with Gasteiger partial charge in [0.25, 0.3) is 5.91 Å². The molecule has 1 aromatic heterocycles. The normalized spacial score (nSPS) is 12.9. The number of nitrogens with zero attached hydrogens (tertiary/aromatic N) is 2. The van der Waals surface area contributed by atoms with Crippen LogP contribution >= 0.6 is 11.3 Å². The Hall–Kier alpha value is -1.77. The number of thiazole rings is 1. The minimum atomic E-state index is -3.75. The molecule has 8 heteroatoms. The molecule has 0 saturated carbocycles. The van der Waals surface area contributed by atoms with Crippen LogP contribution in [-0.2, 0) is 10.0 Å². The lowest BCUT2D eigenvalue weighted by molar-refractivity contribution is 0.0827. The van der Waals surface area contributed by atoms with Crippen LogP contribution in [0.1, 0.15) is 38.9 Å². The summed E-state index contributed by atoms with van der Waals surface area (Å²) < 4.78 is 27.9. The average Bonchev–Trinajstić information content (AvgIpc) is 2.85. The van der Waals surface area contributed by atoms with Crippen LogP contribution < -0.4 is 4.72 Å². The number of sulfonamides is 1. The molecule has 1 N–H and O–H groups in total. The monoisotopic (exact) mass is 367 g/mol. The molecule has 130 valence electrons. The molecule has 6 nitrogen and oxygen atoms in total. The number of hydrogen-bond acceptors (Lipinski definition) is 5. The van der Waals surface area contributed by atoms with E-state index in [4.69, 9.17) is 0 Å². The molecule has 2 rings (SSSR count). The molecule has 0 spiro atoms. The number of carbonyl (C=O) groups is 1. The van der Waals surface area contributed by atoms with Gasteiger partial charge in [0.1, 0.15) is 0 Å². The lowest BCUT2D eigenvalue weighted by Crippen LogP contribution is -2.28. The van der Waals surface area contributed by atoms with Gasteiger partial charge in [0.15, 0.2) is 0 Å². The molecule has 1 heterocycles. The van der Waals surface area contributed by atoms with Crippen LogP contribution in [0.4, 0.5) is 0 Å². The highest BCUT2D eigenvalue weighted by Gasteiger charge is 2.22. The van der Waals surface area contributed by atoms with E-state index < -0.39 is 16.1 Å². The van der Waals surface area contributed by atoms with Crippen molar-refractivity contribution in [3.05, 3.63) is 45.4 Å². The summed E-state index contributed by atoms with van der Waals surface area (Å²) in [5.74, 6) is -0.244. The van der Waals surface area contributed by atoms with Crippen molar-refractivity contribution in [2.24, 2.45) is 0 Å². The van der Waals surface area contributed by atoms with Crippen molar-refractivity contribution >= 4 is 27.3 Å². The first-order chi connectivity index (χ1) is 11.1. The third-order valence-electron chi connectivity index (χ3n) is 3.48. The van der Waals surface area contributed by atoms with E-state index in [2.05, 4.69) is 9.71 Å². The second kappa shape index (κ2) is 7.00. The van der Waals surface area contributed by atoms with Gasteiger partial charge in [0.05, 0.1) is 21.6 Å². The Morgan fingerprint density at radius 3 is 2.50 bits per heavy atom. The standard InChI is InChI=1S/C16H21N3O3S2/c1-10(15-11(2)23-12(3)17-15)18-24(21,22)14-8-6-7-13(9-14)16(20)19(4)5/h6-10,18H,1-5H3/t10-/m0/s1. The minimum absolute atomic E-state index is 0.0617. The van der Waals surface area contributed by atoms with Gasteiger partial charge in [-0.15, -0.1) is 11.3 Å². The van der Waals surface area contributed by atoms with Gasteiger partial charge in [0, 0.05) is 24.5 Å². The molecule has 1 aromatic carbocycles. The molecule has 0 aliphatic carbocycles. The number of carbonyl (C=O) groups excluding carboxylic acids is 1. The van der Waals surface area contributed by atoms with E-state index in [9.17, 15) is 13.2 Å². The van der Waals surface area contributed by atoms with Gasteiger partial charge >= 0.3 is 0 Å². The number of aryl methyl sites for hydroxylation is 2. The topological polar surface area (TPSA) is 79.4 Å². The predicted molar refractivity (Wildman–Crippen MR) is 94.8 cm³/mol. The maximum atomic E-state index is 12.6. The van der Waals surface area contributed by atoms with Gasteiger partial charge in [-0.1, -0.05) is 6.07 Å². The maximum Gasteiger partial charge on any atom is 0.253 e. The molecule has 0 bridgehead atoms. The first-order valence-electron chi connectivity index (χ1n) is 7.40. The van der Waals surface area contributed by atoms with Gasteiger partial charge in [-0.25, -0.2) is 18.1 Å². The third kappa shape index (κ3) is 4.00. The van der Waals surface area contributed by atoms with Gasteiger partial charge in [-0.05, 0) is 39.0 Å². The Labute approximate surface area is 146 Å². The first kappa shape index (κ1) is 18.6. The summed E-state index contributed by atoms with van der Waals surface area (Å²) in [4.78, 5) is 18.9. The quantitative estimate of drug-likeness (QED) is 0.881. The summed E-state index contributed by atoms with van der Waals surface area (Å²) in [6.07, 6.45) is 0. The summed E-state index contributed by atoms with van der Waals surface area (Å²) >= 11 is 1.53. The van der Waals surface area contributed by atoms with E-state index in [0.29, 0.717) is 5.56 Å². The predicted octanol–water partition coefficient (Wildman–Crippen LogP) is 2.50. The molecule has 0 radical (unpaired) electrons. The number of aromatic nitrogens is 1. The molecule has 1 amide bonds. The highest BCUT2D eigenvalue weighted by atomic mass is 32.2. The van der Waals surface area contributed by atoms with E-state index in [0.717, 1.165) is 15.6 Å². The molecule has 24 heavy (non-hydrogen) atoms. The summed E-state index contributed by atoms with van der Waals surface area (Å²) in [7, 11) is -0.509. The zero-order valence-electron chi connectivity index (χ0n) is 14.3. The van der Waals surface area contributed by atoms with Crippen molar-refractivity contribution in [3.8, 4) is 0 Å². The van der Waals surface area contributed by atoms with Crippen LogP contribution in [0.5, 0.6) is 0 Å². The van der Waals surface area contributed by atoms with E-state index in [1.165, 1.54) is 28.4 Å². The highest BCUT2D eigenvalue weighted by Crippen LogP contribution is 2.24. The lowest BCUT2D eigenvalue weighted by Gasteiger charge is -2.15. The van der Waals surface area contributed by atoms with E-state index in [1.807, 2.05) is 13.8 Å². The van der Waals surface area contributed by atoms with Crippen LogP contribution in [0.15, 0.2) is 29.2 Å². The summed E-state index contributed by atoms with van der Waals surface area (Å²) in [6, 6.07) is 5.57. The second-order valence-corrected chi connectivity index (χ2v) is 8.87. The van der Waals surface area contributed by atoms with E-state index in [1.54, 1.807) is 33.2 Å². The van der Waals surface area contributed by atoms with Crippen molar-refractivity contribution in [3.63, 3.8) is 0 Å². The fourth-order valence-corrected chi connectivity index (χ4v) is 4.52. The molecule has 0 unspecified atom stereocenters. The van der Waals surface area contributed by atoms with Crippen molar-refractivity contribution in [1.82, 2.24) is 14.6 Å². The smallest absolute Gasteiger partial charge is 0.253 e. The van der Waals surface area contributed by atoms with Gasteiger partial charge in [-0.3, -0.25) is 4.79 Å². The molecular weight excluding hydrogens is 346 g/mol. The number of nitrogens with one attached hydrogen (secondary N) is 1. The van der Waals surface area contributed by atoms with Crippen LogP contribution in [0.2, 0.25) is 0 Å². The molecule has 2 aromatic rings. The molecule has 0 fully saturated rings. The fraction of sp³-hybridized carbons (Fsp3) is 0.375. The minimum Gasteiger partial charge on any atom is -0.345 e.